The summed E-state index contributed by atoms with van der Waals surface area (Å²) in [5, 5.41) is 9.05. The van der Waals surface area contributed by atoms with Gasteiger partial charge in [-0.3, -0.25) is 4.79 Å². The van der Waals surface area contributed by atoms with Crippen molar-refractivity contribution in [3.8, 4) is 6.07 Å². The summed E-state index contributed by atoms with van der Waals surface area (Å²) < 4.78 is 26.7. The molecular formula is C14H16N2O3S. The molecule has 0 saturated carbocycles. The zero-order chi connectivity index (χ0) is 14.8. The van der Waals surface area contributed by atoms with Crippen LogP contribution >= 0.6 is 0 Å². The molecule has 1 aliphatic heterocycles. The number of carbonyl (C=O) groups excluding carboxylic acids is 1. The maximum absolute atomic E-state index is 12.7. The van der Waals surface area contributed by atoms with Gasteiger partial charge in [0.1, 0.15) is 11.9 Å². The molecule has 1 unspecified atom stereocenters. The van der Waals surface area contributed by atoms with E-state index < -0.39 is 10.0 Å². The van der Waals surface area contributed by atoms with Gasteiger partial charge >= 0.3 is 0 Å². The lowest BCUT2D eigenvalue weighted by molar-refractivity contribution is -0.117. The Morgan fingerprint density at radius 2 is 2.15 bits per heavy atom. The van der Waals surface area contributed by atoms with E-state index in [1.54, 1.807) is 12.1 Å². The molecule has 1 aromatic carbocycles. The summed E-state index contributed by atoms with van der Waals surface area (Å²) >= 11 is 0. The highest BCUT2D eigenvalue weighted by Crippen LogP contribution is 2.29. The Kier molecular flexibility index (Phi) is 4.21. The Bertz CT molecular complexity index is 661. The monoisotopic (exact) mass is 292 g/mol. The molecule has 0 aromatic heterocycles. The first-order valence-corrected chi connectivity index (χ1v) is 7.91. The van der Waals surface area contributed by atoms with Crippen molar-refractivity contribution in [1.82, 2.24) is 4.31 Å². The maximum Gasteiger partial charge on any atom is 0.244 e. The van der Waals surface area contributed by atoms with E-state index in [1.807, 2.05) is 6.07 Å². The summed E-state index contributed by atoms with van der Waals surface area (Å²) in [6, 6.07) is 7.79. The SMILES string of the molecule is CC(=O)CC1CCCN1S(=O)(=O)c1ccccc1C#N. The van der Waals surface area contributed by atoms with Gasteiger partial charge in [0, 0.05) is 19.0 Å². The summed E-state index contributed by atoms with van der Waals surface area (Å²) in [5.41, 5.74) is 0.140. The molecule has 0 radical (unpaired) electrons. The molecule has 1 aliphatic rings. The van der Waals surface area contributed by atoms with Gasteiger partial charge in [-0.25, -0.2) is 8.42 Å². The molecule has 2 rings (SSSR count). The molecule has 6 heteroatoms. The van der Waals surface area contributed by atoms with Crippen LogP contribution in [-0.4, -0.2) is 31.1 Å². The first-order valence-electron chi connectivity index (χ1n) is 6.47. The number of benzene rings is 1. The molecule has 1 atom stereocenters. The van der Waals surface area contributed by atoms with E-state index in [0.29, 0.717) is 13.0 Å². The van der Waals surface area contributed by atoms with E-state index in [2.05, 4.69) is 0 Å². The molecule has 1 aromatic rings. The number of ketones is 1. The summed E-state index contributed by atoms with van der Waals surface area (Å²) in [5.74, 6) is -0.0225. The topological polar surface area (TPSA) is 78.2 Å². The van der Waals surface area contributed by atoms with Gasteiger partial charge in [-0.1, -0.05) is 12.1 Å². The van der Waals surface area contributed by atoms with Gasteiger partial charge in [0.05, 0.1) is 10.5 Å². The van der Waals surface area contributed by atoms with Crippen LogP contribution in [0.1, 0.15) is 31.7 Å². The molecule has 0 aliphatic carbocycles. The summed E-state index contributed by atoms with van der Waals surface area (Å²) in [6.45, 7) is 1.87. The van der Waals surface area contributed by atoms with Crippen molar-refractivity contribution in [3.05, 3.63) is 29.8 Å². The largest absolute Gasteiger partial charge is 0.300 e. The van der Waals surface area contributed by atoms with Crippen LogP contribution in [0.15, 0.2) is 29.2 Å². The molecule has 106 valence electrons. The van der Waals surface area contributed by atoms with Crippen LogP contribution in [0.3, 0.4) is 0 Å². The van der Waals surface area contributed by atoms with Gasteiger partial charge in [0.2, 0.25) is 10.0 Å². The number of nitrogens with zero attached hydrogens (tertiary/aromatic N) is 2. The molecule has 0 spiro atoms. The fourth-order valence-corrected chi connectivity index (χ4v) is 4.41. The molecule has 0 N–H and O–H groups in total. The first-order chi connectivity index (χ1) is 9.46. The number of sulfonamides is 1. The maximum atomic E-state index is 12.7. The number of carbonyl (C=O) groups is 1. The highest BCUT2D eigenvalue weighted by atomic mass is 32.2. The van der Waals surface area contributed by atoms with Gasteiger partial charge in [-0.05, 0) is 31.9 Å². The van der Waals surface area contributed by atoms with E-state index in [9.17, 15) is 13.2 Å². The van der Waals surface area contributed by atoms with Crippen LogP contribution in [0.25, 0.3) is 0 Å². The van der Waals surface area contributed by atoms with Gasteiger partial charge in [0.25, 0.3) is 0 Å². The fourth-order valence-electron chi connectivity index (χ4n) is 2.57. The van der Waals surface area contributed by atoms with Crippen LogP contribution in [-0.2, 0) is 14.8 Å². The minimum Gasteiger partial charge on any atom is -0.300 e. The second-order valence-corrected chi connectivity index (χ2v) is 6.78. The molecule has 5 nitrogen and oxygen atoms in total. The normalized spacial score (nSPS) is 19.7. The van der Waals surface area contributed by atoms with Crippen molar-refractivity contribution < 1.29 is 13.2 Å². The summed E-state index contributed by atoms with van der Waals surface area (Å²) in [7, 11) is -3.72. The number of rotatable bonds is 4. The average molecular weight is 292 g/mol. The Labute approximate surface area is 118 Å². The Morgan fingerprint density at radius 1 is 1.45 bits per heavy atom. The third-order valence-corrected chi connectivity index (χ3v) is 5.45. The lowest BCUT2D eigenvalue weighted by Gasteiger charge is -2.23. The van der Waals surface area contributed by atoms with E-state index in [-0.39, 0.29) is 28.7 Å². The number of nitriles is 1. The van der Waals surface area contributed by atoms with E-state index in [1.165, 1.54) is 23.4 Å². The van der Waals surface area contributed by atoms with Crippen LogP contribution in [0.4, 0.5) is 0 Å². The molecule has 0 amide bonds. The van der Waals surface area contributed by atoms with Crippen LogP contribution in [0.5, 0.6) is 0 Å². The molecular weight excluding hydrogens is 276 g/mol. The smallest absolute Gasteiger partial charge is 0.244 e. The number of hydrogen-bond acceptors (Lipinski definition) is 4. The molecule has 1 heterocycles. The second-order valence-electron chi connectivity index (χ2n) is 4.93. The zero-order valence-electron chi connectivity index (χ0n) is 11.2. The van der Waals surface area contributed by atoms with Gasteiger partial charge in [-0.15, -0.1) is 0 Å². The van der Waals surface area contributed by atoms with E-state index in [0.717, 1.165) is 6.42 Å². The first kappa shape index (κ1) is 14.7. The lowest BCUT2D eigenvalue weighted by Crippen LogP contribution is -2.36. The number of hydrogen-bond donors (Lipinski definition) is 0. The summed E-state index contributed by atoms with van der Waals surface area (Å²) in [4.78, 5) is 11.3. The zero-order valence-corrected chi connectivity index (χ0v) is 12.1. The van der Waals surface area contributed by atoms with Gasteiger partial charge in [0.15, 0.2) is 0 Å². The Balaban J connectivity index is 2.40. The highest BCUT2D eigenvalue weighted by Gasteiger charge is 2.36. The quantitative estimate of drug-likeness (QED) is 0.846. The van der Waals surface area contributed by atoms with Crippen LogP contribution in [0.2, 0.25) is 0 Å². The predicted octanol–water partition coefficient (Wildman–Crippen LogP) is 1.69. The van der Waals surface area contributed by atoms with Crippen molar-refractivity contribution in [2.24, 2.45) is 0 Å². The van der Waals surface area contributed by atoms with E-state index >= 15 is 0 Å². The fraction of sp³-hybridized carbons (Fsp3) is 0.429. The van der Waals surface area contributed by atoms with Crippen molar-refractivity contribution in [2.75, 3.05) is 6.54 Å². The molecule has 1 fully saturated rings. The summed E-state index contributed by atoms with van der Waals surface area (Å²) in [6.07, 6.45) is 1.66. The minimum atomic E-state index is -3.72. The standard InChI is InChI=1S/C14H16N2O3S/c1-11(17)9-13-6-4-8-16(13)20(18,19)14-7-3-2-5-12(14)10-15/h2-3,5,7,13H,4,6,8-9H2,1H3. The van der Waals surface area contributed by atoms with E-state index in [4.69, 9.17) is 5.26 Å². The van der Waals surface area contributed by atoms with Crippen molar-refractivity contribution in [1.29, 1.82) is 5.26 Å². The van der Waals surface area contributed by atoms with Crippen LogP contribution < -0.4 is 0 Å². The van der Waals surface area contributed by atoms with Crippen LogP contribution in [0, 0.1) is 11.3 Å². The third-order valence-electron chi connectivity index (χ3n) is 3.44. The van der Waals surface area contributed by atoms with Crippen molar-refractivity contribution in [2.45, 2.75) is 37.1 Å². The highest BCUT2D eigenvalue weighted by molar-refractivity contribution is 7.89. The Morgan fingerprint density at radius 3 is 2.80 bits per heavy atom. The van der Waals surface area contributed by atoms with Crippen molar-refractivity contribution >= 4 is 15.8 Å². The third kappa shape index (κ3) is 2.74. The predicted molar refractivity (Wildman–Crippen MR) is 73.4 cm³/mol. The molecule has 20 heavy (non-hydrogen) atoms. The average Bonchev–Trinajstić information content (AvgIpc) is 2.86. The number of Topliss-reactive ketones (excluding diaryl/α,β-unsaturated/α-hetero) is 1. The van der Waals surface area contributed by atoms with Crippen molar-refractivity contribution in [3.63, 3.8) is 0 Å². The van der Waals surface area contributed by atoms with Gasteiger partial charge in [-0.2, -0.15) is 9.57 Å². The minimum absolute atomic E-state index is 0.0225. The molecule has 1 saturated heterocycles. The lowest BCUT2D eigenvalue weighted by atomic mass is 10.1. The second kappa shape index (κ2) is 5.73. The Hall–Kier alpha value is -1.71. The van der Waals surface area contributed by atoms with Gasteiger partial charge < -0.3 is 0 Å². The molecule has 0 bridgehead atoms.